The Morgan fingerprint density at radius 1 is 1.09 bits per heavy atom. The van der Waals surface area contributed by atoms with Gasteiger partial charge in [-0.05, 0) is 30.3 Å². The van der Waals surface area contributed by atoms with Crippen molar-refractivity contribution in [2.75, 3.05) is 13.1 Å². The summed E-state index contributed by atoms with van der Waals surface area (Å²) in [6, 6.07) is 13.2. The SMILES string of the molecule is Cl.Clc1ccc2oc(-c3ccccc3Cl)c(C3=NCCN3)c2c1. The van der Waals surface area contributed by atoms with Crippen molar-refractivity contribution in [3.63, 3.8) is 0 Å². The molecule has 0 saturated carbocycles. The smallest absolute Gasteiger partial charge is 0.147 e. The normalized spacial score (nSPS) is 13.6. The first-order valence-electron chi connectivity index (χ1n) is 6.99. The highest BCUT2D eigenvalue weighted by molar-refractivity contribution is 6.34. The van der Waals surface area contributed by atoms with E-state index in [1.165, 1.54) is 0 Å². The molecule has 6 heteroatoms. The molecule has 1 N–H and O–H groups in total. The third-order valence-corrected chi connectivity index (χ3v) is 4.24. The number of nitrogens with zero attached hydrogens (tertiary/aromatic N) is 1. The number of amidine groups is 1. The van der Waals surface area contributed by atoms with Crippen LogP contribution in [0, 0.1) is 0 Å². The van der Waals surface area contributed by atoms with E-state index >= 15 is 0 Å². The summed E-state index contributed by atoms with van der Waals surface area (Å²) in [7, 11) is 0. The zero-order valence-electron chi connectivity index (χ0n) is 12.0. The number of nitrogens with one attached hydrogen (secondary N) is 1. The third-order valence-electron chi connectivity index (χ3n) is 3.68. The van der Waals surface area contributed by atoms with Gasteiger partial charge in [0.1, 0.15) is 17.2 Å². The molecule has 0 aliphatic carbocycles. The van der Waals surface area contributed by atoms with Crippen LogP contribution >= 0.6 is 35.6 Å². The Kier molecular flexibility index (Phi) is 4.53. The molecule has 1 aromatic heterocycles. The molecule has 1 aliphatic heterocycles. The van der Waals surface area contributed by atoms with Gasteiger partial charge in [-0.1, -0.05) is 35.3 Å². The van der Waals surface area contributed by atoms with E-state index in [0.29, 0.717) is 10.0 Å². The van der Waals surface area contributed by atoms with Crippen molar-refractivity contribution in [1.29, 1.82) is 0 Å². The van der Waals surface area contributed by atoms with Gasteiger partial charge in [-0.3, -0.25) is 4.99 Å². The molecule has 0 saturated heterocycles. The first-order chi connectivity index (χ1) is 10.7. The van der Waals surface area contributed by atoms with Crippen molar-refractivity contribution in [1.82, 2.24) is 5.32 Å². The lowest BCUT2D eigenvalue weighted by Crippen LogP contribution is -2.19. The Balaban J connectivity index is 0.00000156. The summed E-state index contributed by atoms with van der Waals surface area (Å²) in [4.78, 5) is 4.53. The minimum Gasteiger partial charge on any atom is -0.455 e. The maximum atomic E-state index is 6.35. The largest absolute Gasteiger partial charge is 0.455 e. The average molecular weight is 368 g/mol. The van der Waals surface area contributed by atoms with Crippen LogP contribution in [0.15, 0.2) is 51.9 Å². The van der Waals surface area contributed by atoms with Crippen LogP contribution in [-0.2, 0) is 0 Å². The predicted octanol–water partition coefficient (Wildman–Crippen LogP) is 5.18. The molecule has 0 radical (unpaired) electrons. The third kappa shape index (κ3) is 2.80. The molecule has 23 heavy (non-hydrogen) atoms. The minimum absolute atomic E-state index is 0. The lowest BCUT2D eigenvalue weighted by Gasteiger charge is -2.06. The molecule has 0 amide bonds. The minimum atomic E-state index is 0. The van der Waals surface area contributed by atoms with Crippen molar-refractivity contribution in [2.24, 2.45) is 4.99 Å². The average Bonchev–Trinajstić information content (AvgIpc) is 3.14. The van der Waals surface area contributed by atoms with Gasteiger partial charge in [0.25, 0.3) is 0 Å². The Morgan fingerprint density at radius 3 is 2.65 bits per heavy atom. The van der Waals surface area contributed by atoms with Gasteiger partial charge in [-0.15, -0.1) is 12.4 Å². The number of fused-ring (bicyclic) bond motifs is 1. The molecule has 2 aromatic carbocycles. The van der Waals surface area contributed by atoms with Gasteiger partial charge < -0.3 is 9.73 Å². The highest BCUT2D eigenvalue weighted by Crippen LogP contribution is 2.38. The lowest BCUT2D eigenvalue weighted by atomic mass is 10.0. The second-order valence-electron chi connectivity index (χ2n) is 5.08. The number of aliphatic imine (C=N–C) groups is 1. The summed E-state index contributed by atoms with van der Waals surface area (Å²) in [6.45, 7) is 1.58. The molecule has 0 atom stereocenters. The van der Waals surface area contributed by atoms with Gasteiger partial charge in [0.2, 0.25) is 0 Å². The van der Waals surface area contributed by atoms with Gasteiger partial charge in [-0.2, -0.15) is 0 Å². The standard InChI is InChI=1S/C17H12Cl2N2O.ClH/c18-10-5-6-14-12(9-10)15(17-20-7-8-21-17)16(22-14)11-3-1-2-4-13(11)19;/h1-6,9H,7-8H2,(H,20,21);1H. The van der Waals surface area contributed by atoms with Gasteiger partial charge in [0.15, 0.2) is 0 Å². The summed E-state index contributed by atoms with van der Waals surface area (Å²) >= 11 is 12.5. The fourth-order valence-corrected chi connectivity index (χ4v) is 3.10. The van der Waals surface area contributed by atoms with E-state index in [4.69, 9.17) is 27.6 Å². The Hall–Kier alpha value is -1.68. The fraction of sp³-hybridized carbons (Fsp3) is 0.118. The van der Waals surface area contributed by atoms with Gasteiger partial charge in [0.05, 0.1) is 17.1 Å². The predicted molar refractivity (Wildman–Crippen MR) is 98.3 cm³/mol. The van der Waals surface area contributed by atoms with Crippen LogP contribution in [0.4, 0.5) is 0 Å². The first-order valence-corrected chi connectivity index (χ1v) is 7.75. The summed E-state index contributed by atoms with van der Waals surface area (Å²) < 4.78 is 6.07. The summed E-state index contributed by atoms with van der Waals surface area (Å²) in [5.74, 6) is 1.55. The number of halogens is 3. The fourth-order valence-electron chi connectivity index (χ4n) is 2.71. The maximum Gasteiger partial charge on any atom is 0.147 e. The van der Waals surface area contributed by atoms with Gasteiger partial charge in [0, 0.05) is 22.5 Å². The number of hydrogen-bond acceptors (Lipinski definition) is 3. The Bertz CT molecular complexity index is 902. The van der Waals surface area contributed by atoms with Crippen LogP contribution in [0.2, 0.25) is 10.0 Å². The van der Waals surface area contributed by atoms with Crippen LogP contribution in [0.5, 0.6) is 0 Å². The molecule has 0 spiro atoms. The second-order valence-corrected chi connectivity index (χ2v) is 5.93. The lowest BCUT2D eigenvalue weighted by molar-refractivity contribution is 0.631. The molecule has 118 valence electrons. The zero-order chi connectivity index (χ0) is 15.1. The highest BCUT2D eigenvalue weighted by Gasteiger charge is 2.23. The second kappa shape index (κ2) is 6.44. The molecular formula is C17H13Cl3N2O. The monoisotopic (exact) mass is 366 g/mol. The highest BCUT2D eigenvalue weighted by atomic mass is 35.5. The van der Waals surface area contributed by atoms with E-state index in [2.05, 4.69) is 10.3 Å². The number of furan rings is 1. The summed E-state index contributed by atoms with van der Waals surface area (Å²) in [5, 5.41) is 5.56. The Morgan fingerprint density at radius 2 is 1.91 bits per heavy atom. The van der Waals surface area contributed by atoms with E-state index in [-0.39, 0.29) is 12.4 Å². The summed E-state index contributed by atoms with van der Waals surface area (Å²) in [5.41, 5.74) is 2.54. The number of rotatable bonds is 2. The molecule has 0 fully saturated rings. The zero-order valence-corrected chi connectivity index (χ0v) is 14.3. The van der Waals surface area contributed by atoms with Gasteiger partial charge in [-0.25, -0.2) is 0 Å². The molecule has 2 heterocycles. The van der Waals surface area contributed by atoms with E-state index in [9.17, 15) is 0 Å². The molecule has 3 aromatic rings. The van der Waals surface area contributed by atoms with E-state index < -0.39 is 0 Å². The molecule has 4 rings (SSSR count). The molecule has 0 unspecified atom stereocenters. The maximum absolute atomic E-state index is 6.35. The molecular weight excluding hydrogens is 355 g/mol. The van der Waals surface area contributed by atoms with Crippen molar-refractivity contribution in [3.8, 4) is 11.3 Å². The topological polar surface area (TPSA) is 37.5 Å². The summed E-state index contributed by atoms with van der Waals surface area (Å²) in [6.07, 6.45) is 0. The van der Waals surface area contributed by atoms with E-state index in [1.54, 1.807) is 0 Å². The number of benzene rings is 2. The van der Waals surface area contributed by atoms with Crippen LogP contribution < -0.4 is 5.32 Å². The van der Waals surface area contributed by atoms with Crippen LogP contribution in [0.25, 0.3) is 22.3 Å². The van der Waals surface area contributed by atoms with Crippen molar-refractivity contribution >= 4 is 52.4 Å². The first kappa shape index (κ1) is 16.2. The molecule has 1 aliphatic rings. The quantitative estimate of drug-likeness (QED) is 0.678. The molecule has 0 bridgehead atoms. The Labute approximate surface area is 149 Å². The van der Waals surface area contributed by atoms with Crippen molar-refractivity contribution in [2.45, 2.75) is 0 Å². The van der Waals surface area contributed by atoms with Crippen molar-refractivity contribution in [3.05, 3.63) is 58.1 Å². The van der Waals surface area contributed by atoms with Crippen LogP contribution in [0.3, 0.4) is 0 Å². The molecule has 3 nitrogen and oxygen atoms in total. The van der Waals surface area contributed by atoms with Crippen LogP contribution in [-0.4, -0.2) is 18.9 Å². The van der Waals surface area contributed by atoms with Crippen molar-refractivity contribution < 1.29 is 4.42 Å². The van der Waals surface area contributed by atoms with E-state index in [1.807, 2.05) is 42.5 Å². The van der Waals surface area contributed by atoms with E-state index in [0.717, 1.165) is 46.8 Å². The van der Waals surface area contributed by atoms with Crippen LogP contribution in [0.1, 0.15) is 5.56 Å². The number of hydrogen-bond donors (Lipinski definition) is 1. The van der Waals surface area contributed by atoms with Gasteiger partial charge >= 0.3 is 0 Å².